The van der Waals surface area contributed by atoms with Crippen molar-refractivity contribution < 1.29 is 14.3 Å². The number of hydrogen-bond donors (Lipinski definition) is 2. The number of benzene rings is 1. The summed E-state index contributed by atoms with van der Waals surface area (Å²) in [5.41, 5.74) is 4.86. The lowest BCUT2D eigenvalue weighted by Gasteiger charge is -2.08. The standard InChI is InChI=1S/C14H10BrN3O3S/c15-12-6-5-11(22-12)14(20)18-17-13(19)8-21-10-4-2-1-3-9(10)7-16/h1-6H,8H2,(H,17,19)(H,18,20). The van der Waals surface area contributed by atoms with E-state index in [1.165, 1.54) is 11.3 Å². The Labute approximate surface area is 138 Å². The Hall–Kier alpha value is -2.37. The lowest BCUT2D eigenvalue weighted by atomic mass is 10.2. The highest BCUT2D eigenvalue weighted by molar-refractivity contribution is 9.11. The van der Waals surface area contributed by atoms with Crippen LogP contribution in [0.3, 0.4) is 0 Å². The summed E-state index contributed by atoms with van der Waals surface area (Å²) in [6, 6.07) is 11.9. The number of rotatable bonds is 4. The molecule has 0 spiro atoms. The quantitative estimate of drug-likeness (QED) is 0.796. The van der Waals surface area contributed by atoms with Crippen molar-refractivity contribution in [2.45, 2.75) is 0 Å². The molecule has 22 heavy (non-hydrogen) atoms. The zero-order valence-corrected chi connectivity index (χ0v) is 13.5. The number of amides is 2. The molecule has 0 atom stereocenters. The van der Waals surface area contributed by atoms with Gasteiger partial charge in [-0.2, -0.15) is 5.26 Å². The van der Waals surface area contributed by atoms with E-state index in [-0.39, 0.29) is 6.61 Å². The van der Waals surface area contributed by atoms with Crippen LogP contribution in [-0.4, -0.2) is 18.4 Å². The van der Waals surface area contributed by atoms with E-state index in [0.29, 0.717) is 16.2 Å². The number of nitrogens with zero attached hydrogens (tertiary/aromatic N) is 1. The lowest BCUT2D eigenvalue weighted by Crippen LogP contribution is -2.43. The summed E-state index contributed by atoms with van der Waals surface area (Å²) in [7, 11) is 0. The summed E-state index contributed by atoms with van der Waals surface area (Å²) in [6.45, 7) is -0.312. The first kappa shape index (κ1) is 16.0. The molecule has 6 nitrogen and oxygen atoms in total. The number of nitriles is 1. The van der Waals surface area contributed by atoms with Crippen LogP contribution in [0.2, 0.25) is 0 Å². The van der Waals surface area contributed by atoms with E-state index in [2.05, 4.69) is 26.8 Å². The summed E-state index contributed by atoms with van der Waals surface area (Å²) in [4.78, 5) is 23.8. The van der Waals surface area contributed by atoms with Crippen LogP contribution in [0.25, 0.3) is 0 Å². The molecular formula is C14H10BrN3O3S. The molecule has 0 unspecified atom stereocenters. The molecule has 8 heteroatoms. The first-order valence-corrected chi connectivity index (χ1v) is 7.67. The van der Waals surface area contributed by atoms with Gasteiger partial charge in [0.15, 0.2) is 6.61 Å². The van der Waals surface area contributed by atoms with Crippen molar-refractivity contribution in [1.29, 1.82) is 5.26 Å². The summed E-state index contributed by atoms with van der Waals surface area (Å²) in [6.07, 6.45) is 0. The van der Waals surface area contributed by atoms with Crippen LogP contribution in [0.4, 0.5) is 0 Å². The minimum atomic E-state index is -0.531. The summed E-state index contributed by atoms with van der Waals surface area (Å²) in [5.74, 6) is -0.633. The molecule has 2 amide bonds. The maximum Gasteiger partial charge on any atom is 0.279 e. The molecule has 0 aliphatic carbocycles. The van der Waals surface area contributed by atoms with Gasteiger partial charge in [-0.25, -0.2) is 0 Å². The molecule has 0 aliphatic heterocycles. The zero-order chi connectivity index (χ0) is 15.9. The fourth-order valence-corrected chi connectivity index (χ4v) is 2.77. The van der Waals surface area contributed by atoms with Crippen LogP contribution in [0.15, 0.2) is 40.2 Å². The molecule has 0 radical (unpaired) electrons. The van der Waals surface area contributed by atoms with Gasteiger partial charge in [0, 0.05) is 0 Å². The third-order valence-corrected chi connectivity index (χ3v) is 4.10. The van der Waals surface area contributed by atoms with E-state index in [9.17, 15) is 9.59 Å². The Morgan fingerprint density at radius 3 is 2.68 bits per heavy atom. The molecule has 0 saturated heterocycles. The molecule has 1 heterocycles. The van der Waals surface area contributed by atoms with E-state index in [1.807, 2.05) is 6.07 Å². The number of hydrogen-bond acceptors (Lipinski definition) is 5. The molecule has 0 fully saturated rings. The van der Waals surface area contributed by atoms with Crippen LogP contribution in [-0.2, 0) is 4.79 Å². The molecule has 112 valence electrons. The average Bonchev–Trinajstić information content (AvgIpc) is 2.97. The van der Waals surface area contributed by atoms with Crippen molar-refractivity contribution in [2.24, 2.45) is 0 Å². The highest BCUT2D eigenvalue weighted by Gasteiger charge is 2.10. The van der Waals surface area contributed by atoms with Crippen molar-refractivity contribution in [3.8, 4) is 11.8 Å². The number of halogens is 1. The molecule has 0 aliphatic rings. The topological polar surface area (TPSA) is 91.2 Å². The van der Waals surface area contributed by atoms with Crippen molar-refractivity contribution in [1.82, 2.24) is 10.9 Å². The zero-order valence-electron chi connectivity index (χ0n) is 11.1. The second-order valence-electron chi connectivity index (χ2n) is 4.00. The van der Waals surface area contributed by atoms with Gasteiger partial charge in [-0.15, -0.1) is 11.3 Å². The lowest BCUT2D eigenvalue weighted by molar-refractivity contribution is -0.123. The van der Waals surface area contributed by atoms with Crippen LogP contribution in [0.1, 0.15) is 15.2 Å². The Kier molecular flexibility index (Phi) is 5.52. The maximum atomic E-state index is 11.7. The number of carbonyl (C=O) groups is 2. The Bertz CT molecular complexity index is 739. The monoisotopic (exact) mass is 379 g/mol. The van der Waals surface area contributed by atoms with Gasteiger partial charge in [0.05, 0.1) is 14.2 Å². The number of para-hydroxylation sites is 1. The predicted molar refractivity (Wildman–Crippen MR) is 84.3 cm³/mol. The minimum Gasteiger partial charge on any atom is -0.482 e. The third-order valence-electron chi connectivity index (χ3n) is 2.48. The minimum absolute atomic E-state index is 0.312. The van der Waals surface area contributed by atoms with Gasteiger partial charge in [-0.1, -0.05) is 12.1 Å². The fraction of sp³-hybridized carbons (Fsp3) is 0.0714. The molecule has 2 aromatic rings. The van der Waals surface area contributed by atoms with E-state index in [0.717, 1.165) is 3.79 Å². The van der Waals surface area contributed by atoms with E-state index in [4.69, 9.17) is 10.00 Å². The molecule has 1 aromatic heterocycles. The van der Waals surface area contributed by atoms with E-state index >= 15 is 0 Å². The van der Waals surface area contributed by atoms with Crippen LogP contribution in [0.5, 0.6) is 5.75 Å². The van der Waals surface area contributed by atoms with E-state index < -0.39 is 11.8 Å². The van der Waals surface area contributed by atoms with Gasteiger partial charge >= 0.3 is 0 Å². The van der Waals surface area contributed by atoms with Gasteiger partial charge < -0.3 is 4.74 Å². The van der Waals surface area contributed by atoms with Crippen LogP contribution >= 0.6 is 27.3 Å². The molecule has 2 N–H and O–H groups in total. The van der Waals surface area contributed by atoms with Crippen molar-refractivity contribution in [3.05, 3.63) is 50.6 Å². The Morgan fingerprint density at radius 2 is 2.00 bits per heavy atom. The molecule has 1 aromatic carbocycles. The first-order valence-electron chi connectivity index (χ1n) is 6.06. The molecule has 2 rings (SSSR count). The SMILES string of the molecule is N#Cc1ccccc1OCC(=O)NNC(=O)c1ccc(Br)s1. The predicted octanol–water partition coefficient (Wildman–Crippen LogP) is 2.22. The van der Waals surface area contributed by atoms with Crippen LogP contribution < -0.4 is 15.6 Å². The molecule has 0 saturated carbocycles. The van der Waals surface area contributed by atoms with Crippen molar-refractivity contribution >= 4 is 39.1 Å². The van der Waals surface area contributed by atoms with Gasteiger partial charge in [0.1, 0.15) is 11.8 Å². The van der Waals surface area contributed by atoms with Gasteiger partial charge in [-0.3, -0.25) is 20.4 Å². The Balaban J connectivity index is 1.81. The summed E-state index contributed by atoms with van der Waals surface area (Å²) in [5, 5.41) is 8.90. The van der Waals surface area contributed by atoms with Gasteiger partial charge in [0.25, 0.3) is 11.8 Å². The fourth-order valence-electron chi connectivity index (χ4n) is 1.49. The number of ether oxygens (including phenoxy) is 1. The van der Waals surface area contributed by atoms with Crippen LogP contribution in [0, 0.1) is 11.3 Å². The normalized spacial score (nSPS) is 9.64. The number of hydrazine groups is 1. The number of thiophene rings is 1. The smallest absolute Gasteiger partial charge is 0.279 e. The van der Waals surface area contributed by atoms with Crippen molar-refractivity contribution in [2.75, 3.05) is 6.61 Å². The van der Waals surface area contributed by atoms with Crippen molar-refractivity contribution in [3.63, 3.8) is 0 Å². The van der Waals surface area contributed by atoms with Gasteiger partial charge in [0.2, 0.25) is 0 Å². The summed E-state index contributed by atoms with van der Waals surface area (Å²) >= 11 is 4.50. The van der Waals surface area contributed by atoms with Gasteiger partial charge in [-0.05, 0) is 40.2 Å². The highest BCUT2D eigenvalue weighted by Crippen LogP contribution is 2.21. The number of carbonyl (C=O) groups excluding carboxylic acids is 2. The maximum absolute atomic E-state index is 11.7. The number of nitrogens with one attached hydrogen (secondary N) is 2. The van der Waals surface area contributed by atoms with E-state index in [1.54, 1.807) is 36.4 Å². The second-order valence-corrected chi connectivity index (χ2v) is 6.47. The highest BCUT2D eigenvalue weighted by atomic mass is 79.9. The molecule has 0 bridgehead atoms. The first-order chi connectivity index (χ1) is 10.6. The molecular weight excluding hydrogens is 370 g/mol. The average molecular weight is 380 g/mol. The summed E-state index contributed by atoms with van der Waals surface area (Å²) < 4.78 is 6.06. The largest absolute Gasteiger partial charge is 0.482 e. The Morgan fingerprint density at radius 1 is 1.23 bits per heavy atom. The second kappa shape index (κ2) is 7.59. The third kappa shape index (κ3) is 4.31.